The molecule has 1 heterocycles. The number of fused-ring (bicyclic) bond motifs is 1. The second-order valence-electron chi connectivity index (χ2n) is 3.34. The van der Waals surface area contributed by atoms with E-state index in [0.29, 0.717) is 0 Å². The van der Waals surface area contributed by atoms with Crippen molar-refractivity contribution in [3.8, 4) is 0 Å². The number of rotatable bonds is 0. The third kappa shape index (κ3) is 1.24. The molecule has 1 aromatic rings. The van der Waals surface area contributed by atoms with Crippen LogP contribution in [0.25, 0.3) is 0 Å². The first-order valence-corrected chi connectivity index (χ1v) is 4.26. The topological polar surface area (TPSA) is 29.1 Å². The molecule has 0 unspecified atom stereocenters. The molecular weight excluding hydrogens is 162 g/mol. The highest BCUT2D eigenvalue weighted by Gasteiger charge is 2.19. The average molecular weight is 173 g/mol. The molecule has 66 valence electrons. The predicted molar refractivity (Wildman–Crippen MR) is 51.5 cm³/mol. The summed E-state index contributed by atoms with van der Waals surface area (Å²) in [7, 11) is 0. The highest BCUT2D eigenvalue weighted by molar-refractivity contribution is 5.98. The highest BCUT2D eigenvalue weighted by Crippen LogP contribution is 2.20. The number of aryl methyl sites for hydroxylation is 1. The van der Waals surface area contributed by atoms with Crippen LogP contribution in [0.2, 0.25) is 0 Å². The van der Waals surface area contributed by atoms with Crippen LogP contribution in [0.15, 0.2) is 30.5 Å². The first-order valence-electron chi connectivity index (χ1n) is 4.26. The first-order chi connectivity index (χ1) is 6.18. The number of carbonyl (C=O) groups is 1. The molecule has 1 N–H and O–H groups in total. The van der Waals surface area contributed by atoms with Crippen LogP contribution >= 0.6 is 0 Å². The maximum atomic E-state index is 11.5. The molecular formula is C11H11NO. The second kappa shape index (κ2) is 2.73. The molecule has 2 rings (SSSR count). The minimum Gasteiger partial charge on any atom is -0.326 e. The molecule has 13 heavy (non-hydrogen) atoms. The Balaban J connectivity index is 2.61. The van der Waals surface area contributed by atoms with Crippen LogP contribution in [-0.4, -0.2) is 5.91 Å². The quantitative estimate of drug-likeness (QED) is 0.636. The van der Waals surface area contributed by atoms with E-state index in [0.717, 1.165) is 28.8 Å². The van der Waals surface area contributed by atoms with Crippen LogP contribution in [0.1, 0.15) is 21.5 Å². The van der Waals surface area contributed by atoms with E-state index in [1.165, 1.54) is 0 Å². The fraction of sp³-hybridized carbons (Fsp3) is 0.182. The summed E-state index contributed by atoms with van der Waals surface area (Å²) in [5.41, 5.74) is 3.84. The predicted octanol–water partition coefficient (Wildman–Crippen LogP) is 1.79. The summed E-state index contributed by atoms with van der Waals surface area (Å²) in [6.07, 6.45) is 0.758. The van der Waals surface area contributed by atoms with E-state index in [2.05, 4.69) is 11.9 Å². The summed E-state index contributed by atoms with van der Waals surface area (Å²) in [5.74, 6) is -0.0325. The lowest BCUT2D eigenvalue weighted by Gasteiger charge is -2.19. The summed E-state index contributed by atoms with van der Waals surface area (Å²) < 4.78 is 0. The van der Waals surface area contributed by atoms with Gasteiger partial charge < -0.3 is 5.32 Å². The molecule has 0 saturated carbocycles. The van der Waals surface area contributed by atoms with Crippen LogP contribution in [0, 0.1) is 6.92 Å². The highest BCUT2D eigenvalue weighted by atomic mass is 16.1. The van der Waals surface area contributed by atoms with Gasteiger partial charge in [-0.25, -0.2) is 0 Å². The number of hydrogen-bond donors (Lipinski definition) is 1. The molecule has 0 spiro atoms. The van der Waals surface area contributed by atoms with Gasteiger partial charge in [0.15, 0.2) is 0 Å². The van der Waals surface area contributed by atoms with Gasteiger partial charge in [-0.1, -0.05) is 18.7 Å². The first kappa shape index (κ1) is 8.05. The lowest BCUT2D eigenvalue weighted by molar-refractivity contribution is 0.0959. The molecule has 0 aromatic heterocycles. The van der Waals surface area contributed by atoms with Gasteiger partial charge in [0.05, 0.1) is 0 Å². The van der Waals surface area contributed by atoms with Crippen molar-refractivity contribution >= 4 is 5.91 Å². The summed E-state index contributed by atoms with van der Waals surface area (Å²) in [4.78, 5) is 11.5. The maximum absolute atomic E-state index is 11.5. The molecule has 2 heteroatoms. The summed E-state index contributed by atoms with van der Waals surface area (Å²) in [5, 5.41) is 2.73. The van der Waals surface area contributed by atoms with Crippen molar-refractivity contribution in [2.75, 3.05) is 0 Å². The molecule has 1 aliphatic heterocycles. The van der Waals surface area contributed by atoms with Gasteiger partial charge in [0.1, 0.15) is 0 Å². The third-order valence-electron chi connectivity index (χ3n) is 2.34. The van der Waals surface area contributed by atoms with Gasteiger partial charge in [0.2, 0.25) is 0 Å². The van der Waals surface area contributed by atoms with E-state index >= 15 is 0 Å². The minimum absolute atomic E-state index is 0.0325. The molecule has 0 bridgehead atoms. The number of carbonyl (C=O) groups excluding carboxylic acids is 1. The zero-order valence-corrected chi connectivity index (χ0v) is 7.55. The fourth-order valence-electron chi connectivity index (χ4n) is 1.64. The van der Waals surface area contributed by atoms with Gasteiger partial charge in [0.25, 0.3) is 5.91 Å². The van der Waals surface area contributed by atoms with E-state index < -0.39 is 0 Å². The summed E-state index contributed by atoms with van der Waals surface area (Å²) in [6, 6.07) is 5.77. The Morgan fingerprint density at radius 2 is 2.23 bits per heavy atom. The smallest absolute Gasteiger partial charge is 0.255 e. The Morgan fingerprint density at radius 1 is 1.46 bits per heavy atom. The summed E-state index contributed by atoms with van der Waals surface area (Å²) in [6.45, 7) is 5.79. The van der Waals surface area contributed by atoms with E-state index in [1.807, 2.05) is 25.1 Å². The van der Waals surface area contributed by atoms with Crippen molar-refractivity contribution in [1.82, 2.24) is 5.32 Å². The number of allylic oxidation sites excluding steroid dienone is 1. The Morgan fingerprint density at radius 3 is 3.00 bits per heavy atom. The second-order valence-corrected chi connectivity index (χ2v) is 3.34. The van der Waals surface area contributed by atoms with Crippen LogP contribution in [-0.2, 0) is 6.42 Å². The lowest BCUT2D eigenvalue weighted by Crippen LogP contribution is -2.29. The third-order valence-corrected chi connectivity index (χ3v) is 2.34. The molecule has 0 atom stereocenters. The zero-order valence-electron chi connectivity index (χ0n) is 7.55. The molecule has 1 aromatic carbocycles. The Kier molecular flexibility index (Phi) is 1.69. The van der Waals surface area contributed by atoms with E-state index in [-0.39, 0.29) is 5.91 Å². The van der Waals surface area contributed by atoms with Crippen molar-refractivity contribution in [3.05, 3.63) is 47.2 Å². The molecule has 1 amide bonds. The zero-order chi connectivity index (χ0) is 9.42. The van der Waals surface area contributed by atoms with E-state index in [9.17, 15) is 4.79 Å². The van der Waals surface area contributed by atoms with Crippen molar-refractivity contribution in [2.24, 2.45) is 0 Å². The van der Waals surface area contributed by atoms with Crippen molar-refractivity contribution in [1.29, 1.82) is 0 Å². The molecule has 0 radical (unpaired) electrons. The van der Waals surface area contributed by atoms with Crippen molar-refractivity contribution < 1.29 is 4.79 Å². The van der Waals surface area contributed by atoms with Crippen molar-refractivity contribution in [2.45, 2.75) is 13.3 Å². The standard InChI is InChI=1S/C11H11NO/c1-7-4-3-5-9-10(7)6-8(2)12-11(9)13/h3-5H,2,6H2,1H3,(H,12,13). The average Bonchev–Trinajstić information content (AvgIpc) is 2.07. The van der Waals surface area contributed by atoms with Gasteiger partial charge in [-0.3, -0.25) is 4.79 Å². The van der Waals surface area contributed by atoms with Gasteiger partial charge in [0, 0.05) is 17.7 Å². The normalized spacial score (nSPS) is 15.2. The largest absolute Gasteiger partial charge is 0.326 e. The Hall–Kier alpha value is -1.57. The van der Waals surface area contributed by atoms with Crippen LogP contribution in [0.3, 0.4) is 0 Å². The summed E-state index contributed by atoms with van der Waals surface area (Å²) >= 11 is 0. The number of hydrogen-bond acceptors (Lipinski definition) is 1. The van der Waals surface area contributed by atoms with E-state index in [1.54, 1.807) is 0 Å². The van der Waals surface area contributed by atoms with Crippen LogP contribution < -0.4 is 5.32 Å². The van der Waals surface area contributed by atoms with Crippen molar-refractivity contribution in [3.63, 3.8) is 0 Å². The molecule has 0 fully saturated rings. The lowest BCUT2D eigenvalue weighted by atomic mass is 9.94. The van der Waals surface area contributed by atoms with Gasteiger partial charge in [-0.05, 0) is 24.1 Å². The number of amides is 1. The fourth-order valence-corrected chi connectivity index (χ4v) is 1.64. The van der Waals surface area contributed by atoms with Gasteiger partial charge in [-0.15, -0.1) is 0 Å². The van der Waals surface area contributed by atoms with Crippen LogP contribution in [0.4, 0.5) is 0 Å². The van der Waals surface area contributed by atoms with Gasteiger partial charge in [-0.2, -0.15) is 0 Å². The number of nitrogens with one attached hydrogen (secondary N) is 1. The van der Waals surface area contributed by atoms with E-state index in [4.69, 9.17) is 0 Å². The Bertz CT molecular complexity index is 393. The molecule has 1 aliphatic rings. The molecule has 0 aliphatic carbocycles. The SMILES string of the molecule is C=C1Cc2c(C)cccc2C(=O)N1. The maximum Gasteiger partial charge on any atom is 0.255 e. The van der Waals surface area contributed by atoms with Crippen LogP contribution in [0.5, 0.6) is 0 Å². The Labute approximate surface area is 77.3 Å². The minimum atomic E-state index is -0.0325. The number of benzene rings is 1. The monoisotopic (exact) mass is 173 g/mol. The van der Waals surface area contributed by atoms with Gasteiger partial charge >= 0.3 is 0 Å². The molecule has 2 nitrogen and oxygen atoms in total. The molecule has 0 saturated heterocycles.